The second-order valence-corrected chi connectivity index (χ2v) is 4.94. The van der Waals surface area contributed by atoms with Crippen molar-refractivity contribution in [1.29, 1.82) is 0 Å². The molecule has 0 atom stereocenters. The number of hydrogen-bond donors (Lipinski definition) is 1. The van der Waals surface area contributed by atoms with Crippen LogP contribution in [0.3, 0.4) is 0 Å². The minimum Gasteiger partial charge on any atom is -0.496 e. The quantitative estimate of drug-likeness (QED) is 0.628. The summed E-state index contributed by atoms with van der Waals surface area (Å²) in [6.45, 7) is 0.00846. The van der Waals surface area contributed by atoms with E-state index in [2.05, 4.69) is 5.32 Å². The SMILES string of the molecule is COc1ccccc1/C=C/C(=O)NCC(=O)OCc1ccccc1. The van der Waals surface area contributed by atoms with Crippen molar-refractivity contribution < 1.29 is 19.1 Å². The molecule has 2 rings (SSSR count). The molecule has 0 fully saturated rings. The number of methoxy groups -OCH3 is 1. The maximum Gasteiger partial charge on any atom is 0.325 e. The van der Waals surface area contributed by atoms with Gasteiger partial charge in [-0.3, -0.25) is 9.59 Å². The van der Waals surface area contributed by atoms with Crippen LogP contribution in [-0.2, 0) is 20.9 Å². The van der Waals surface area contributed by atoms with Gasteiger partial charge in [-0.05, 0) is 17.7 Å². The summed E-state index contributed by atoms with van der Waals surface area (Å²) in [5.74, 6) is -0.195. The molecule has 0 saturated carbocycles. The lowest BCUT2D eigenvalue weighted by Crippen LogP contribution is -2.29. The van der Waals surface area contributed by atoms with E-state index in [4.69, 9.17) is 9.47 Å². The lowest BCUT2D eigenvalue weighted by atomic mass is 10.2. The van der Waals surface area contributed by atoms with Gasteiger partial charge in [0.25, 0.3) is 0 Å². The lowest BCUT2D eigenvalue weighted by Gasteiger charge is -2.05. The Morgan fingerprint density at radius 3 is 2.50 bits per heavy atom. The molecule has 1 N–H and O–H groups in total. The van der Waals surface area contributed by atoms with Crippen LogP contribution in [0.15, 0.2) is 60.7 Å². The van der Waals surface area contributed by atoms with Crippen LogP contribution in [0.4, 0.5) is 0 Å². The number of rotatable bonds is 7. The topological polar surface area (TPSA) is 64.6 Å². The zero-order valence-corrected chi connectivity index (χ0v) is 13.4. The van der Waals surface area contributed by atoms with Crippen LogP contribution in [0.25, 0.3) is 6.08 Å². The van der Waals surface area contributed by atoms with E-state index in [0.29, 0.717) is 5.75 Å². The van der Waals surface area contributed by atoms with Gasteiger partial charge in [-0.2, -0.15) is 0 Å². The highest BCUT2D eigenvalue weighted by atomic mass is 16.5. The van der Waals surface area contributed by atoms with Crippen LogP contribution >= 0.6 is 0 Å². The van der Waals surface area contributed by atoms with Gasteiger partial charge in [0, 0.05) is 11.6 Å². The number of benzene rings is 2. The van der Waals surface area contributed by atoms with Crippen molar-refractivity contribution in [2.45, 2.75) is 6.61 Å². The van der Waals surface area contributed by atoms with E-state index in [9.17, 15) is 9.59 Å². The fraction of sp³-hybridized carbons (Fsp3) is 0.158. The minimum absolute atomic E-state index is 0.179. The van der Waals surface area contributed by atoms with Gasteiger partial charge < -0.3 is 14.8 Å². The summed E-state index contributed by atoms with van der Waals surface area (Å²) in [6, 6.07) is 16.7. The van der Waals surface area contributed by atoms with E-state index in [-0.39, 0.29) is 19.1 Å². The molecule has 1 amide bonds. The van der Waals surface area contributed by atoms with Gasteiger partial charge in [0.05, 0.1) is 7.11 Å². The van der Waals surface area contributed by atoms with Crippen LogP contribution in [-0.4, -0.2) is 25.5 Å². The Morgan fingerprint density at radius 2 is 1.75 bits per heavy atom. The number of para-hydroxylation sites is 1. The zero-order chi connectivity index (χ0) is 17.2. The molecular weight excluding hydrogens is 306 g/mol. The number of ether oxygens (including phenoxy) is 2. The first-order valence-electron chi connectivity index (χ1n) is 7.47. The Labute approximate surface area is 140 Å². The first kappa shape index (κ1) is 17.3. The predicted octanol–water partition coefficient (Wildman–Crippen LogP) is 2.57. The summed E-state index contributed by atoms with van der Waals surface area (Å²) < 4.78 is 10.3. The number of hydrogen-bond acceptors (Lipinski definition) is 4. The number of nitrogens with one attached hydrogen (secondary N) is 1. The summed E-state index contributed by atoms with van der Waals surface area (Å²) in [7, 11) is 1.56. The molecule has 124 valence electrons. The van der Waals surface area contributed by atoms with Crippen LogP contribution in [0, 0.1) is 0 Å². The molecule has 0 bridgehead atoms. The maximum atomic E-state index is 11.7. The van der Waals surface area contributed by atoms with Crippen molar-refractivity contribution in [2.75, 3.05) is 13.7 Å². The maximum absolute atomic E-state index is 11.7. The Hall–Kier alpha value is -3.08. The molecule has 0 aromatic heterocycles. The van der Waals surface area contributed by atoms with E-state index in [1.165, 1.54) is 6.08 Å². The highest BCUT2D eigenvalue weighted by Gasteiger charge is 2.05. The molecular formula is C19H19NO4. The van der Waals surface area contributed by atoms with Gasteiger partial charge in [0.2, 0.25) is 5.91 Å². The van der Waals surface area contributed by atoms with Crippen LogP contribution in [0.1, 0.15) is 11.1 Å². The van der Waals surface area contributed by atoms with Gasteiger partial charge in [-0.25, -0.2) is 0 Å². The Balaban J connectivity index is 1.76. The van der Waals surface area contributed by atoms with Crippen LogP contribution in [0.5, 0.6) is 5.75 Å². The number of carbonyl (C=O) groups excluding carboxylic acids is 2. The third-order valence-electron chi connectivity index (χ3n) is 3.20. The van der Waals surface area contributed by atoms with Gasteiger partial charge in [0.1, 0.15) is 18.9 Å². The van der Waals surface area contributed by atoms with Crippen molar-refractivity contribution >= 4 is 18.0 Å². The van der Waals surface area contributed by atoms with Crippen molar-refractivity contribution in [3.8, 4) is 5.75 Å². The predicted molar refractivity (Wildman–Crippen MR) is 91.3 cm³/mol. The largest absolute Gasteiger partial charge is 0.496 e. The standard InChI is InChI=1S/C19H19NO4/c1-23-17-10-6-5-9-16(17)11-12-18(21)20-13-19(22)24-14-15-7-3-2-4-8-15/h2-12H,13-14H2,1H3,(H,20,21)/b12-11+. The summed E-state index contributed by atoms with van der Waals surface area (Å²) in [5, 5.41) is 2.49. The molecule has 5 nitrogen and oxygen atoms in total. The van der Waals surface area contributed by atoms with E-state index >= 15 is 0 Å². The van der Waals surface area contributed by atoms with E-state index < -0.39 is 5.97 Å². The summed E-state index contributed by atoms with van der Waals surface area (Å²) in [6.07, 6.45) is 2.98. The highest BCUT2D eigenvalue weighted by molar-refractivity contribution is 5.93. The lowest BCUT2D eigenvalue weighted by molar-refractivity contribution is -0.144. The first-order valence-corrected chi connectivity index (χ1v) is 7.47. The number of esters is 1. The van der Waals surface area contributed by atoms with E-state index in [1.54, 1.807) is 19.3 Å². The first-order chi connectivity index (χ1) is 11.7. The average Bonchev–Trinajstić information content (AvgIpc) is 2.64. The molecule has 2 aromatic carbocycles. The van der Waals surface area contributed by atoms with Gasteiger partial charge in [-0.1, -0.05) is 48.5 Å². The number of carbonyl (C=O) groups is 2. The third kappa shape index (κ3) is 5.61. The molecule has 0 spiro atoms. The van der Waals surface area contributed by atoms with Crippen LogP contribution < -0.4 is 10.1 Å². The fourth-order valence-corrected chi connectivity index (χ4v) is 1.98. The molecule has 0 saturated heterocycles. The molecule has 0 radical (unpaired) electrons. The van der Waals surface area contributed by atoms with Crippen LogP contribution in [0.2, 0.25) is 0 Å². The molecule has 0 aliphatic carbocycles. The summed E-state index contributed by atoms with van der Waals surface area (Å²) in [5.41, 5.74) is 1.68. The monoisotopic (exact) mass is 325 g/mol. The Morgan fingerprint density at radius 1 is 1.04 bits per heavy atom. The molecule has 0 unspecified atom stereocenters. The van der Waals surface area contributed by atoms with Crippen molar-refractivity contribution in [3.05, 3.63) is 71.8 Å². The fourth-order valence-electron chi connectivity index (χ4n) is 1.98. The Bertz CT molecular complexity index is 710. The molecule has 5 heteroatoms. The molecule has 0 aliphatic heterocycles. The highest BCUT2D eigenvalue weighted by Crippen LogP contribution is 2.18. The summed E-state index contributed by atoms with van der Waals surface area (Å²) >= 11 is 0. The third-order valence-corrected chi connectivity index (χ3v) is 3.20. The Kier molecular flexibility index (Phi) is 6.58. The molecule has 0 heterocycles. The second kappa shape index (κ2) is 9.15. The number of amides is 1. The summed E-state index contributed by atoms with van der Waals surface area (Å²) in [4.78, 5) is 23.4. The van der Waals surface area contributed by atoms with Crippen molar-refractivity contribution in [3.63, 3.8) is 0 Å². The molecule has 2 aromatic rings. The average molecular weight is 325 g/mol. The normalized spacial score (nSPS) is 10.4. The minimum atomic E-state index is -0.488. The van der Waals surface area contributed by atoms with Gasteiger partial charge in [-0.15, -0.1) is 0 Å². The van der Waals surface area contributed by atoms with E-state index in [1.807, 2.05) is 48.5 Å². The van der Waals surface area contributed by atoms with Crippen molar-refractivity contribution in [2.24, 2.45) is 0 Å². The second-order valence-electron chi connectivity index (χ2n) is 4.94. The van der Waals surface area contributed by atoms with E-state index in [0.717, 1.165) is 11.1 Å². The van der Waals surface area contributed by atoms with Crippen molar-refractivity contribution in [1.82, 2.24) is 5.32 Å². The van der Waals surface area contributed by atoms with Gasteiger partial charge in [0.15, 0.2) is 0 Å². The molecule has 24 heavy (non-hydrogen) atoms. The smallest absolute Gasteiger partial charge is 0.325 e. The molecule has 0 aliphatic rings. The zero-order valence-electron chi connectivity index (χ0n) is 13.4. The van der Waals surface area contributed by atoms with Gasteiger partial charge >= 0.3 is 5.97 Å².